The molecular weight excluding hydrogens is 501 g/mol. The number of nitrogens with one attached hydrogen (secondary N) is 1. The smallest absolute Gasteiger partial charge is 0.337 e. The summed E-state index contributed by atoms with van der Waals surface area (Å²) in [6.07, 6.45) is 0.553. The van der Waals surface area contributed by atoms with E-state index >= 15 is 0 Å². The normalized spacial score (nSPS) is 19.7. The van der Waals surface area contributed by atoms with Crippen LogP contribution in [-0.4, -0.2) is 32.1 Å². The average molecular weight is 530 g/mol. The molecule has 0 spiro atoms. The molecule has 1 aliphatic heterocycles. The monoisotopic (exact) mass is 529 g/mol. The molecule has 4 rings (SSSR count). The van der Waals surface area contributed by atoms with Gasteiger partial charge in [-0.05, 0) is 68.5 Å². The van der Waals surface area contributed by atoms with E-state index in [1.807, 2.05) is 25.1 Å². The molecule has 0 aromatic heterocycles. The number of carbonyl (C=O) groups excluding carboxylic acids is 2. The highest BCUT2D eigenvalue weighted by atomic mass is 35.5. The molecule has 0 fully saturated rings. The van der Waals surface area contributed by atoms with Crippen molar-refractivity contribution in [3.05, 3.63) is 80.1 Å². The Kier molecular flexibility index (Phi) is 7.67. The zero-order valence-corrected chi connectivity index (χ0v) is 22.4. The number of carbonyl (C=O) groups is 2. The lowest BCUT2D eigenvalue weighted by molar-refractivity contribution is -0.143. The molecule has 2 aliphatic rings. The van der Waals surface area contributed by atoms with Crippen LogP contribution in [0.1, 0.15) is 56.6 Å². The Bertz CT molecular complexity index is 1280. The molecule has 0 bridgehead atoms. The molecule has 0 amide bonds. The maximum Gasteiger partial charge on any atom is 0.337 e. The van der Waals surface area contributed by atoms with Gasteiger partial charge in [-0.3, -0.25) is 4.79 Å². The first-order valence-electron chi connectivity index (χ1n) is 11.8. The molecule has 6 nitrogen and oxygen atoms in total. The van der Waals surface area contributed by atoms with Crippen molar-refractivity contribution in [2.45, 2.75) is 51.6 Å². The summed E-state index contributed by atoms with van der Waals surface area (Å²) in [5, 5.41) is 4.21. The van der Waals surface area contributed by atoms with Crippen LogP contribution in [0.4, 0.5) is 0 Å². The molecule has 1 heterocycles. The number of methoxy groups -OCH3 is 2. The van der Waals surface area contributed by atoms with Crippen LogP contribution in [0.2, 0.25) is 10.0 Å². The van der Waals surface area contributed by atoms with E-state index in [4.69, 9.17) is 37.4 Å². The molecule has 8 heteroatoms. The van der Waals surface area contributed by atoms with Crippen LogP contribution in [0.15, 0.2) is 58.9 Å². The van der Waals surface area contributed by atoms with Crippen molar-refractivity contribution in [1.29, 1.82) is 0 Å². The van der Waals surface area contributed by atoms with Crippen LogP contribution in [0.3, 0.4) is 0 Å². The number of hydrogen-bond donors (Lipinski definition) is 1. The molecule has 2 aromatic rings. The van der Waals surface area contributed by atoms with E-state index in [2.05, 4.69) is 5.32 Å². The van der Waals surface area contributed by atoms with Gasteiger partial charge in [-0.2, -0.15) is 0 Å². The van der Waals surface area contributed by atoms with Crippen molar-refractivity contribution in [1.82, 2.24) is 5.32 Å². The number of ether oxygens (including phenoxy) is 3. The number of rotatable bonds is 6. The fraction of sp³-hybridized carbons (Fsp3) is 0.357. The van der Waals surface area contributed by atoms with Gasteiger partial charge < -0.3 is 19.5 Å². The standard InChI is InChI=1S/C28H29Cl2NO5/c1-14(2)36-28(33)25-15(3)31-21-10-17(16-6-9-23(34-4)24(12-16)35-5)11-22(32)27(21)26(25)19-8-7-18(29)13-20(19)30/h6-9,12-14,17,26,31H,10-11H2,1-5H3/t17-,26-/m0/s1. The second-order valence-electron chi connectivity index (χ2n) is 9.25. The quantitative estimate of drug-likeness (QED) is 0.441. The number of dihydropyridines is 1. The summed E-state index contributed by atoms with van der Waals surface area (Å²) in [5.74, 6) is -0.0182. The molecule has 1 aliphatic carbocycles. The van der Waals surface area contributed by atoms with Gasteiger partial charge in [0.15, 0.2) is 17.3 Å². The summed E-state index contributed by atoms with van der Waals surface area (Å²) in [6, 6.07) is 10.8. The first-order valence-corrected chi connectivity index (χ1v) is 12.5. The summed E-state index contributed by atoms with van der Waals surface area (Å²) in [7, 11) is 3.17. The van der Waals surface area contributed by atoms with Gasteiger partial charge in [0.25, 0.3) is 0 Å². The second kappa shape index (κ2) is 10.6. The Labute approximate surface area is 221 Å². The number of ketones is 1. The molecule has 1 N–H and O–H groups in total. The van der Waals surface area contributed by atoms with Crippen molar-refractivity contribution in [3.63, 3.8) is 0 Å². The Morgan fingerprint density at radius 2 is 1.75 bits per heavy atom. The SMILES string of the molecule is COc1ccc([C@@H]2CC(=O)C3=C(C2)NC(C)=C(C(=O)OC(C)C)[C@@H]3c2ccc(Cl)cc2Cl)cc1OC. The molecule has 0 saturated carbocycles. The van der Waals surface area contributed by atoms with Gasteiger partial charge >= 0.3 is 5.97 Å². The number of halogens is 2. The van der Waals surface area contributed by atoms with Gasteiger partial charge in [-0.1, -0.05) is 35.3 Å². The third-order valence-electron chi connectivity index (χ3n) is 6.54. The van der Waals surface area contributed by atoms with Crippen molar-refractivity contribution in [2.24, 2.45) is 0 Å². The Morgan fingerprint density at radius 3 is 2.39 bits per heavy atom. The molecular formula is C28H29Cl2NO5. The zero-order chi connectivity index (χ0) is 26.1. The predicted octanol–water partition coefficient (Wildman–Crippen LogP) is 6.32. The first-order chi connectivity index (χ1) is 17.1. The van der Waals surface area contributed by atoms with Crippen LogP contribution < -0.4 is 14.8 Å². The van der Waals surface area contributed by atoms with E-state index in [-0.39, 0.29) is 24.2 Å². The van der Waals surface area contributed by atoms with Gasteiger partial charge in [0.2, 0.25) is 0 Å². The summed E-state index contributed by atoms with van der Waals surface area (Å²) >= 11 is 12.8. The van der Waals surface area contributed by atoms with Gasteiger partial charge in [-0.15, -0.1) is 0 Å². The van der Waals surface area contributed by atoms with Crippen LogP contribution in [-0.2, 0) is 14.3 Å². The highest BCUT2D eigenvalue weighted by Crippen LogP contribution is 2.48. The number of Topliss-reactive ketones (excluding diaryl/α,β-unsaturated/α-hetero) is 1. The molecule has 0 saturated heterocycles. The zero-order valence-electron chi connectivity index (χ0n) is 20.9. The van der Waals surface area contributed by atoms with Crippen LogP contribution in [0.5, 0.6) is 11.5 Å². The van der Waals surface area contributed by atoms with Gasteiger partial charge in [-0.25, -0.2) is 4.79 Å². The number of benzene rings is 2. The Morgan fingerprint density at radius 1 is 1.03 bits per heavy atom. The summed E-state index contributed by atoms with van der Waals surface area (Å²) in [6.45, 7) is 5.40. The second-order valence-corrected chi connectivity index (χ2v) is 10.1. The summed E-state index contributed by atoms with van der Waals surface area (Å²) < 4.78 is 16.4. The third kappa shape index (κ3) is 4.97. The van der Waals surface area contributed by atoms with E-state index in [1.165, 1.54) is 0 Å². The van der Waals surface area contributed by atoms with Gasteiger partial charge in [0.05, 0.1) is 25.9 Å². The van der Waals surface area contributed by atoms with E-state index in [0.29, 0.717) is 50.4 Å². The van der Waals surface area contributed by atoms with E-state index < -0.39 is 11.9 Å². The summed E-state index contributed by atoms with van der Waals surface area (Å²) in [5.41, 5.74) is 3.95. The highest BCUT2D eigenvalue weighted by Gasteiger charge is 2.42. The lowest BCUT2D eigenvalue weighted by atomic mass is 9.71. The van der Waals surface area contributed by atoms with E-state index in [1.54, 1.807) is 46.3 Å². The van der Waals surface area contributed by atoms with Gasteiger partial charge in [0, 0.05) is 39.4 Å². The van der Waals surface area contributed by atoms with E-state index in [0.717, 1.165) is 11.3 Å². The van der Waals surface area contributed by atoms with Crippen LogP contribution in [0.25, 0.3) is 0 Å². The van der Waals surface area contributed by atoms with Crippen LogP contribution in [0, 0.1) is 0 Å². The lowest BCUT2D eigenvalue weighted by Crippen LogP contribution is -2.36. The van der Waals surface area contributed by atoms with Crippen molar-refractivity contribution >= 4 is 35.0 Å². The molecule has 0 radical (unpaired) electrons. The van der Waals surface area contributed by atoms with Crippen molar-refractivity contribution in [3.8, 4) is 11.5 Å². The largest absolute Gasteiger partial charge is 0.493 e. The molecule has 190 valence electrons. The Hall–Kier alpha value is -2.96. The average Bonchev–Trinajstić information content (AvgIpc) is 2.82. The third-order valence-corrected chi connectivity index (χ3v) is 7.11. The fourth-order valence-corrected chi connectivity index (χ4v) is 5.49. The molecule has 2 aromatic carbocycles. The lowest BCUT2D eigenvalue weighted by Gasteiger charge is -2.37. The minimum absolute atomic E-state index is 0.0538. The highest BCUT2D eigenvalue weighted by molar-refractivity contribution is 6.35. The minimum Gasteiger partial charge on any atom is -0.493 e. The number of hydrogen-bond acceptors (Lipinski definition) is 6. The van der Waals surface area contributed by atoms with Crippen molar-refractivity contribution < 1.29 is 23.8 Å². The van der Waals surface area contributed by atoms with Gasteiger partial charge in [0.1, 0.15) is 0 Å². The van der Waals surface area contributed by atoms with Crippen LogP contribution >= 0.6 is 23.2 Å². The minimum atomic E-state index is -0.656. The maximum atomic E-state index is 13.8. The number of esters is 1. The molecule has 0 unspecified atom stereocenters. The topological polar surface area (TPSA) is 73.9 Å². The van der Waals surface area contributed by atoms with Crippen molar-refractivity contribution in [2.75, 3.05) is 14.2 Å². The molecule has 36 heavy (non-hydrogen) atoms. The van der Waals surface area contributed by atoms with E-state index in [9.17, 15) is 9.59 Å². The summed E-state index contributed by atoms with van der Waals surface area (Å²) in [4.78, 5) is 27.0. The number of allylic oxidation sites excluding steroid dienone is 3. The Balaban J connectivity index is 1.80. The fourth-order valence-electron chi connectivity index (χ4n) is 4.98. The maximum absolute atomic E-state index is 13.8. The predicted molar refractivity (Wildman–Crippen MR) is 140 cm³/mol. The molecule has 2 atom stereocenters. The first kappa shape index (κ1) is 26.1.